The first-order valence-electron chi connectivity index (χ1n) is 7.13. The summed E-state index contributed by atoms with van der Waals surface area (Å²) in [5.41, 5.74) is 0.903. The van der Waals surface area contributed by atoms with E-state index in [9.17, 15) is 9.59 Å². The highest BCUT2D eigenvalue weighted by Crippen LogP contribution is 2.17. The van der Waals surface area contributed by atoms with E-state index in [1.165, 1.54) is 6.42 Å². The van der Waals surface area contributed by atoms with Gasteiger partial charge in [-0.2, -0.15) is 0 Å². The monoisotopic (exact) mass is 289 g/mol. The predicted octanol–water partition coefficient (Wildman–Crippen LogP) is 2.79. The molecule has 0 aromatic carbocycles. The van der Waals surface area contributed by atoms with Crippen LogP contribution in [0.25, 0.3) is 0 Å². The Morgan fingerprint density at radius 2 is 1.76 bits per heavy atom. The fourth-order valence-corrected chi connectivity index (χ4v) is 2.25. The molecule has 0 radical (unpaired) electrons. The summed E-state index contributed by atoms with van der Waals surface area (Å²) < 4.78 is 0. The fraction of sp³-hybridized carbons (Fsp3) is 0.500. The largest absolute Gasteiger partial charge is 0.360 e. The quantitative estimate of drug-likeness (QED) is 0.837. The number of nitrogens with one attached hydrogen (secondary N) is 2. The van der Waals surface area contributed by atoms with Gasteiger partial charge in [0, 0.05) is 25.0 Å². The number of amides is 4. The number of aromatic nitrogens is 1. The van der Waals surface area contributed by atoms with Crippen molar-refractivity contribution in [1.82, 2.24) is 15.6 Å². The predicted molar refractivity (Wildman–Crippen MR) is 76.7 cm³/mol. The van der Waals surface area contributed by atoms with Crippen LogP contribution in [0.2, 0.25) is 0 Å². The third-order valence-corrected chi connectivity index (χ3v) is 3.36. The van der Waals surface area contributed by atoms with Gasteiger partial charge in [-0.3, -0.25) is 4.98 Å². The molecule has 112 valence electrons. The van der Waals surface area contributed by atoms with E-state index in [-0.39, 0.29) is 6.04 Å². The van der Waals surface area contributed by atoms with Crippen LogP contribution in [0.1, 0.15) is 37.7 Å². The Bertz CT molecular complexity index is 497. The van der Waals surface area contributed by atoms with Crippen LogP contribution >= 0.6 is 0 Å². The van der Waals surface area contributed by atoms with Crippen LogP contribution in [-0.4, -0.2) is 23.1 Å². The van der Waals surface area contributed by atoms with Gasteiger partial charge >= 0.3 is 12.1 Å². The number of rotatable bonds is 3. The second-order valence-corrected chi connectivity index (χ2v) is 5.00. The summed E-state index contributed by atoms with van der Waals surface area (Å²) >= 11 is 0. The van der Waals surface area contributed by atoms with Gasteiger partial charge in [-0.1, -0.05) is 29.5 Å². The number of hydrogen-bond acceptors (Lipinski definition) is 3. The summed E-state index contributed by atoms with van der Waals surface area (Å²) in [6.07, 6.45) is 8.67. The van der Waals surface area contributed by atoms with Gasteiger partial charge in [-0.25, -0.2) is 9.59 Å². The summed E-state index contributed by atoms with van der Waals surface area (Å²) in [5, 5.41) is 12.0. The molecule has 1 aliphatic rings. The minimum atomic E-state index is -0.634. The van der Waals surface area contributed by atoms with E-state index < -0.39 is 12.1 Å². The van der Waals surface area contributed by atoms with Gasteiger partial charge in [0.25, 0.3) is 0 Å². The van der Waals surface area contributed by atoms with E-state index in [1.54, 1.807) is 24.5 Å². The third kappa shape index (κ3) is 5.68. The lowest BCUT2D eigenvalue weighted by atomic mass is 9.96. The van der Waals surface area contributed by atoms with Gasteiger partial charge in [0.1, 0.15) is 0 Å². The Balaban J connectivity index is 1.69. The maximum atomic E-state index is 11.5. The van der Waals surface area contributed by atoms with Crippen LogP contribution in [-0.2, 0) is 6.54 Å². The van der Waals surface area contributed by atoms with E-state index in [0.29, 0.717) is 6.54 Å². The van der Waals surface area contributed by atoms with E-state index >= 15 is 0 Å². The molecule has 1 saturated carbocycles. The summed E-state index contributed by atoms with van der Waals surface area (Å²) in [5.74, 6) is 0. The molecule has 1 aromatic heterocycles. The third-order valence-electron chi connectivity index (χ3n) is 3.36. The number of azo groups is 1. The smallest absolute Gasteiger partial charge is 0.332 e. The molecule has 2 N–H and O–H groups in total. The second kappa shape index (κ2) is 8.08. The molecule has 1 heterocycles. The zero-order chi connectivity index (χ0) is 14.9. The minimum Gasteiger partial charge on any atom is -0.332 e. The van der Waals surface area contributed by atoms with Crippen molar-refractivity contribution in [2.24, 2.45) is 10.2 Å². The van der Waals surface area contributed by atoms with Gasteiger partial charge in [-0.05, 0) is 30.5 Å². The number of hydrogen-bond donors (Lipinski definition) is 2. The lowest BCUT2D eigenvalue weighted by Crippen LogP contribution is -2.34. The second-order valence-electron chi connectivity index (χ2n) is 5.00. The molecule has 0 spiro atoms. The van der Waals surface area contributed by atoms with E-state index in [0.717, 1.165) is 31.2 Å². The Labute approximate surface area is 123 Å². The average Bonchev–Trinajstić information content (AvgIpc) is 2.53. The lowest BCUT2D eigenvalue weighted by Gasteiger charge is -2.21. The molecule has 0 saturated heterocycles. The molecule has 4 amide bonds. The van der Waals surface area contributed by atoms with Crippen molar-refractivity contribution in [2.75, 3.05) is 0 Å². The molecule has 7 heteroatoms. The van der Waals surface area contributed by atoms with Crippen molar-refractivity contribution in [1.29, 1.82) is 0 Å². The van der Waals surface area contributed by atoms with Gasteiger partial charge in [0.05, 0.1) is 0 Å². The van der Waals surface area contributed by atoms with Crippen molar-refractivity contribution >= 4 is 12.1 Å². The van der Waals surface area contributed by atoms with Crippen molar-refractivity contribution in [2.45, 2.75) is 44.7 Å². The highest BCUT2D eigenvalue weighted by atomic mass is 16.2. The Hall–Kier alpha value is -2.31. The maximum Gasteiger partial charge on any atom is 0.360 e. The molecule has 1 aromatic rings. The molecule has 1 fully saturated rings. The van der Waals surface area contributed by atoms with Crippen molar-refractivity contribution in [3.8, 4) is 0 Å². The number of urea groups is 2. The van der Waals surface area contributed by atoms with E-state index in [2.05, 4.69) is 25.8 Å². The zero-order valence-corrected chi connectivity index (χ0v) is 11.8. The van der Waals surface area contributed by atoms with Crippen molar-refractivity contribution in [3.63, 3.8) is 0 Å². The number of pyridine rings is 1. The van der Waals surface area contributed by atoms with Crippen LogP contribution in [0.15, 0.2) is 34.8 Å². The number of nitrogens with zero attached hydrogens (tertiary/aromatic N) is 3. The van der Waals surface area contributed by atoms with Gasteiger partial charge < -0.3 is 10.6 Å². The lowest BCUT2D eigenvalue weighted by molar-refractivity contribution is 0.236. The Morgan fingerprint density at radius 1 is 1.10 bits per heavy atom. The normalized spacial score (nSPS) is 15.8. The molecule has 0 atom stereocenters. The average molecular weight is 289 g/mol. The van der Waals surface area contributed by atoms with Crippen molar-refractivity contribution < 1.29 is 9.59 Å². The number of carbonyl (C=O) groups is 2. The Morgan fingerprint density at radius 3 is 2.48 bits per heavy atom. The highest BCUT2D eigenvalue weighted by molar-refractivity contribution is 5.79. The zero-order valence-electron chi connectivity index (χ0n) is 11.8. The Kier molecular flexibility index (Phi) is 5.81. The molecule has 2 rings (SSSR count). The van der Waals surface area contributed by atoms with E-state index in [1.807, 2.05) is 0 Å². The van der Waals surface area contributed by atoms with Crippen LogP contribution < -0.4 is 10.6 Å². The fourth-order valence-electron chi connectivity index (χ4n) is 2.25. The topological polar surface area (TPSA) is 95.8 Å². The standard InChI is InChI=1S/C14H19N5O2/c20-13(16-10-11-6-8-15-9-7-11)18-19-14(21)17-12-4-2-1-3-5-12/h6-9,12H,1-5,10H2,(H,16,20)(H,17,21)/b19-18+. The van der Waals surface area contributed by atoms with Crippen LogP contribution in [0.5, 0.6) is 0 Å². The minimum absolute atomic E-state index is 0.157. The van der Waals surface area contributed by atoms with Crippen molar-refractivity contribution in [3.05, 3.63) is 30.1 Å². The van der Waals surface area contributed by atoms with Crippen LogP contribution in [0.3, 0.4) is 0 Å². The molecule has 0 bridgehead atoms. The first-order valence-corrected chi connectivity index (χ1v) is 7.13. The summed E-state index contributed by atoms with van der Waals surface area (Å²) in [7, 11) is 0. The van der Waals surface area contributed by atoms with Crippen LogP contribution in [0, 0.1) is 0 Å². The SMILES string of the molecule is O=C(/N=N/C(=O)NC1CCCCC1)NCc1ccncc1. The molecule has 1 aliphatic carbocycles. The maximum absolute atomic E-state index is 11.5. The van der Waals surface area contributed by atoms with E-state index in [4.69, 9.17) is 0 Å². The molecule has 0 aliphatic heterocycles. The molecule has 0 unspecified atom stereocenters. The molecular formula is C14H19N5O2. The summed E-state index contributed by atoms with van der Waals surface area (Å²) in [6.45, 7) is 0.324. The molecule has 7 nitrogen and oxygen atoms in total. The van der Waals surface area contributed by atoms with Gasteiger partial charge in [0.15, 0.2) is 0 Å². The summed E-state index contributed by atoms with van der Waals surface area (Å²) in [4.78, 5) is 26.9. The van der Waals surface area contributed by atoms with Crippen LogP contribution in [0.4, 0.5) is 9.59 Å². The molecular weight excluding hydrogens is 270 g/mol. The number of carbonyl (C=O) groups excluding carboxylic acids is 2. The molecule has 21 heavy (non-hydrogen) atoms. The summed E-state index contributed by atoms with van der Waals surface area (Å²) in [6, 6.07) is 2.54. The first kappa shape index (κ1) is 15.1. The first-order chi connectivity index (χ1) is 10.2. The highest BCUT2D eigenvalue weighted by Gasteiger charge is 2.15. The van der Waals surface area contributed by atoms with Gasteiger partial charge in [0.2, 0.25) is 0 Å². The van der Waals surface area contributed by atoms with Gasteiger partial charge in [-0.15, -0.1) is 0 Å².